The van der Waals surface area contributed by atoms with Gasteiger partial charge in [-0.05, 0) is 38.5 Å². The Morgan fingerprint density at radius 3 is 0.258 bits per heavy atom. The molecule has 0 saturated heterocycles. The number of carbonyl (C=O) groups is 3. The smallest absolute Gasteiger partial charge is 0.550 e. The van der Waals surface area contributed by atoms with Crippen molar-refractivity contribution in [3.63, 3.8) is 0 Å². The van der Waals surface area contributed by atoms with Crippen LogP contribution in [0.4, 0.5) is 0 Å². The first kappa shape index (κ1) is 103. The molecule has 0 bridgehead atoms. The predicted molar refractivity (Wildman–Crippen MR) is 426 cm³/mol. The molecular weight excluding hydrogens is 1290 g/mol. The summed E-state index contributed by atoms with van der Waals surface area (Å²) in [5.74, 6) is -2.70. The molecule has 0 aliphatic heterocycles. The van der Waals surface area contributed by atoms with E-state index in [9.17, 15) is 29.7 Å². The first-order valence-electron chi connectivity index (χ1n) is 44.9. The van der Waals surface area contributed by atoms with Gasteiger partial charge in [0.15, 0.2) is 0 Å². The summed E-state index contributed by atoms with van der Waals surface area (Å²) in [6.07, 6.45) is 113. The second kappa shape index (κ2) is 99.5. The van der Waals surface area contributed by atoms with Gasteiger partial charge in [-0.15, -0.1) is 0 Å². The molecule has 0 atom stereocenters. The minimum absolute atomic E-state index is 0. The molecule has 0 fully saturated rings. The van der Waals surface area contributed by atoms with Gasteiger partial charge in [0.25, 0.3) is 0 Å². The summed E-state index contributed by atoms with van der Waals surface area (Å²) < 4.78 is 0. The zero-order valence-electron chi connectivity index (χ0n) is 66.9. The summed E-state index contributed by atoms with van der Waals surface area (Å²) in [6, 6.07) is 0. The minimum atomic E-state index is -0.899. The van der Waals surface area contributed by atoms with E-state index in [0.29, 0.717) is 0 Å². The van der Waals surface area contributed by atoms with Crippen LogP contribution in [0.2, 0.25) is 0 Å². The van der Waals surface area contributed by atoms with Crippen molar-refractivity contribution in [2.24, 2.45) is 0 Å². The van der Waals surface area contributed by atoms with E-state index < -0.39 is 17.9 Å². The number of carbonyl (C=O) groups excluding carboxylic acids is 3. The van der Waals surface area contributed by atoms with Gasteiger partial charge < -0.3 is 29.7 Å². The summed E-state index contributed by atoms with van der Waals surface area (Å²) in [6.45, 7) is 6.89. The predicted octanol–water partition coefficient (Wildman–Crippen LogP) is 28.7. The number of aliphatic carboxylic acids is 3. The van der Waals surface area contributed by atoms with Crippen LogP contribution in [0.25, 0.3) is 0 Å². The molecule has 0 amide bonds. The summed E-state index contributed by atoms with van der Waals surface area (Å²) in [5, 5.41) is 31.0. The summed E-state index contributed by atoms with van der Waals surface area (Å²) in [7, 11) is 0. The molecule has 0 aliphatic carbocycles. The number of hydrogen-bond donors (Lipinski definition) is 0. The van der Waals surface area contributed by atoms with Gasteiger partial charge in [-0.25, -0.2) is 0 Å². The van der Waals surface area contributed by atoms with Gasteiger partial charge in [0, 0.05) is 17.9 Å². The van der Waals surface area contributed by atoms with Gasteiger partial charge in [-0.2, -0.15) is 0 Å². The SMILES string of the molecule is CCCCCCCCCCCCCCCCCCCCCCCCCCCCCC(=O)[O-].CCCCCCCCCCCCCCCCCCCCCCCCCCCCCC(=O)[O-].CCCCCCCCCCCCCCCCCCCCCCCCCCCCCC(=O)[O-].[In+3]. The summed E-state index contributed by atoms with van der Waals surface area (Å²) in [5.41, 5.74) is 0. The maximum absolute atomic E-state index is 10.3. The second-order valence-electron chi connectivity index (χ2n) is 30.9. The molecule has 0 aliphatic rings. The van der Waals surface area contributed by atoms with Crippen LogP contribution in [0.1, 0.15) is 560 Å². The largest absolute Gasteiger partial charge is 3.00 e. The molecule has 0 rings (SSSR count). The van der Waals surface area contributed by atoms with Crippen molar-refractivity contribution in [3.8, 4) is 0 Å². The third-order valence-electron chi connectivity index (χ3n) is 21.0. The van der Waals surface area contributed by atoms with E-state index in [1.165, 1.54) is 482 Å². The van der Waals surface area contributed by atoms with E-state index >= 15 is 0 Å². The molecule has 0 saturated carbocycles. The molecule has 6 nitrogen and oxygen atoms in total. The molecule has 0 N–H and O–H groups in total. The normalized spacial score (nSPS) is 11.2. The Bertz CT molecular complexity index is 1230. The van der Waals surface area contributed by atoms with Crippen LogP contribution in [-0.4, -0.2) is 43.8 Å². The molecule has 0 heterocycles. The van der Waals surface area contributed by atoms with Crippen LogP contribution in [0.15, 0.2) is 0 Å². The Kier molecular flexibility index (Phi) is 105. The van der Waals surface area contributed by atoms with E-state index in [4.69, 9.17) is 0 Å². The Labute approximate surface area is 629 Å². The molecule has 576 valence electrons. The Hall–Kier alpha value is -0.720. The Morgan fingerprint density at radius 2 is 0.196 bits per heavy atom. The van der Waals surface area contributed by atoms with Crippen molar-refractivity contribution in [1.29, 1.82) is 0 Å². The van der Waals surface area contributed by atoms with Gasteiger partial charge >= 0.3 is 25.8 Å². The van der Waals surface area contributed by atoms with Gasteiger partial charge in [-0.1, -0.05) is 522 Å². The average Bonchev–Trinajstić information content (AvgIpc) is 3.58. The molecular formula is C90H177InO6. The van der Waals surface area contributed by atoms with Crippen molar-refractivity contribution >= 4 is 43.8 Å². The van der Waals surface area contributed by atoms with Gasteiger partial charge in [0.2, 0.25) is 0 Å². The number of rotatable bonds is 84. The fraction of sp³-hybridized carbons (Fsp3) is 0.967. The quantitative estimate of drug-likeness (QED) is 0.0559. The van der Waals surface area contributed by atoms with E-state index in [1.54, 1.807) is 0 Å². The van der Waals surface area contributed by atoms with Gasteiger partial charge in [0.05, 0.1) is 0 Å². The molecule has 0 unspecified atom stereocenters. The van der Waals surface area contributed by atoms with Crippen LogP contribution < -0.4 is 15.3 Å². The molecule has 7 heteroatoms. The fourth-order valence-electron chi connectivity index (χ4n) is 14.3. The maximum atomic E-state index is 10.3. The van der Waals surface area contributed by atoms with Crippen molar-refractivity contribution in [3.05, 3.63) is 0 Å². The van der Waals surface area contributed by atoms with E-state index in [0.717, 1.165) is 38.5 Å². The third kappa shape index (κ3) is 111. The topological polar surface area (TPSA) is 120 Å². The molecule has 0 spiro atoms. The Morgan fingerprint density at radius 1 is 0.134 bits per heavy atom. The minimum Gasteiger partial charge on any atom is -0.550 e. The molecule has 0 aromatic carbocycles. The third-order valence-corrected chi connectivity index (χ3v) is 21.0. The molecule has 0 aromatic rings. The average molecular weight is 1470 g/mol. The van der Waals surface area contributed by atoms with E-state index in [2.05, 4.69) is 20.8 Å². The first-order chi connectivity index (χ1) is 47.3. The van der Waals surface area contributed by atoms with Crippen molar-refractivity contribution in [2.45, 2.75) is 560 Å². The van der Waals surface area contributed by atoms with Crippen molar-refractivity contribution in [1.82, 2.24) is 0 Å². The molecule has 0 radical (unpaired) electrons. The number of carboxylic acid groups (broad SMARTS) is 3. The van der Waals surface area contributed by atoms with Crippen LogP contribution >= 0.6 is 0 Å². The first-order valence-corrected chi connectivity index (χ1v) is 44.9. The van der Waals surface area contributed by atoms with Crippen LogP contribution in [0.3, 0.4) is 0 Å². The zero-order chi connectivity index (χ0) is 70.1. The van der Waals surface area contributed by atoms with Crippen molar-refractivity contribution < 1.29 is 29.7 Å². The molecule has 97 heavy (non-hydrogen) atoms. The van der Waals surface area contributed by atoms with E-state index in [1.807, 2.05) is 0 Å². The Balaban J connectivity index is -0.000000665. The second-order valence-corrected chi connectivity index (χ2v) is 30.9. The number of unbranched alkanes of at least 4 members (excludes halogenated alkanes) is 78. The fourth-order valence-corrected chi connectivity index (χ4v) is 14.3. The van der Waals surface area contributed by atoms with Crippen LogP contribution in [-0.2, 0) is 14.4 Å². The standard InChI is InChI=1S/3C30H60O2.In/c3*1-2-3-4-5-6-7-8-9-10-11-12-13-14-15-16-17-18-19-20-21-22-23-24-25-26-27-28-29-30(31)32;/h3*2-29H2,1H3,(H,31,32);/q;;;+3/p-3. The summed E-state index contributed by atoms with van der Waals surface area (Å²) in [4.78, 5) is 31.0. The number of carboxylic acids is 3. The van der Waals surface area contributed by atoms with Gasteiger partial charge in [-0.3, -0.25) is 0 Å². The monoisotopic (exact) mass is 1470 g/mol. The number of hydrogen-bond acceptors (Lipinski definition) is 6. The zero-order valence-corrected chi connectivity index (χ0v) is 70.2. The van der Waals surface area contributed by atoms with E-state index in [-0.39, 0.29) is 45.1 Å². The van der Waals surface area contributed by atoms with Crippen LogP contribution in [0.5, 0.6) is 0 Å². The molecule has 0 aromatic heterocycles. The maximum Gasteiger partial charge on any atom is 3.00 e. The van der Waals surface area contributed by atoms with Gasteiger partial charge in [0.1, 0.15) is 0 Å². The summed E-state index contributed by atoms with van der Waals surface area (Å²) >= 11 is 0. The van der Waals surface area contributed by atoms with Crippen molar-refractivity contribution in [2.75, 3.05) is 0 Å². The van der Waals surface area contributed by atoms with Crippen LogP contribution in [0, 0.1) is 0 Å².